The van der Waals surface area contributed by atoms with E-state index in [2.05, 4.69) is 21.0 Å². The number of benzene rings is 2. The lowest BCUT2D eigenvalue weighted by Gasteiger charge is -2.09. The molecule has 2 aromatic carbocycles. The van der Waals surface area contributed by atoms with Crippen molar-refractivity contribution in [1.29, 1.82) is 0 Å². The minimum Gasteiger partial charge on any atom is -0.360 e. The van der Waals surface area contributed by atoms with Gasteiger partial charge >= 0.3 is 0 Å². The molecule has 8 nitrogen and oxygen atoms in total. The Morgan fingerprint density at radius 3 is 2.62 bits per heavy atom. The minimum atomic E-state index is -0.724. The molecule has 0 spiro atoms. The van der Waals surface area contributed by atoms with Crippen molar-refractivity contribution in [2.45, 2.75) is 27.3 Å². The molecule has 4 aromatic rings. The van der Waals surface area contributed by atoms with Gasteiger partial charge in [0.1, 0.15) is 28.7 Å². The Morgan fingerprint density at radius 1 is 1.16 bits per heavy atom. The van der Waals surface area contributed by atoms with Crippen LogP contribution in [0.15, 0.2) is 40.9 Å². The second-order valence-corrected chi connectivity index (χ2v) is 7.48. The lowest BCUT2D eigenvalue weighted by Crippen LogP contribution is -2.41. The van der Waals surface area contributed by atoms with Crippen LogP contribution in [0.3, 0.4) is 0 Å². The molecule has 4 rings (SSSR count). The van der Waals surface area contributed by atoms with E-state index < -0.39 is 17.6 Å². The molecule has 32 heavy (non-hydrogen) atoms. The van der Waals surface area contributed by atoms with Crippen molar-refractivity contribution in [3.05, 3.63) is 69.9 Å². The second kappa shape index (κ2) is 8.43. The van der Waals surface area contributed by atoms with Gasteiger partial charge in [-0.2, -0.15) is 0 Å². The Hall–Kier alpha value is -3.72. The highest BCUT2D eigenvalue weighted by Gasteiger charge is 2.25. The molecule has 2 aromatic heterocycles. The number of aromatic nitrogens is 3. The number of rotatable bonds is 4. The summed E-state index contributed by atoms with van der Waals surface area (Å²) in [5.41, 5.74) is 6.43. The van der Waals surface area contributed by atoms with Crippen molar-refractivity contribution in [3.63, 3.8) is 0 Å². The summed E-state index contributed by atoms with van der Waals surface area (Å²) >= 11 is 6.10. The summed E-state index contributed by atoms with van der Waals surface area (Å²) in [4.78, 5) is 29.8. The maximum atomic E-state index is 14.3. The normalized spacial score (nSPS) is 11.0. The Balaban J connectivity index is 1.55. The van der Waals surface area contributed by atoms with Crippen LogP contribution >= 0.6 is 11.6 Å². The molecule has 2 amide bonds. The van der Waals surface area contributed by atoms with E-state index >= 15 is 0 Å². The maximum Gasteiger partial charge on any atom is 0.275 e. The van der Waals surface area contributed by atoms with Gasteiger partial charge in [-0.25, -0.2) is 9.37 Å². The van der Waals surface area contributed by atoms with Crippen LogP contribution in [0.4, 0.5) is 4.39 Å². The monoisotopic (exact) mass is 455 g/mol. The maximum absolute atomic E-state index is 14.3. The molecule has 0 aliphatic carbocycles. The number of halogens is 2. The second-order valence-electron chi connectivity index (χ2n) is 7.07. The van der Waals surface area contributed by atoms with Crippen LogP contribution < -0.4 is 10.9 Å². The molecule has 0 bridgehead atoms. The standard InChI is InChI=1S/C22H19ClFN5O3/c1-4-29-12(3)25-16-10-13(8-9-17(16)29)21(30)26-27-22(31)18-11(2)32-28-20(18)19-14(23)6-5-7-15(19)24/h5-10H,4H2,1-3H3,(H,26,30)(H,27,31). The molecule has 0 atom stereocenters. The van der Waals surface area contributed by atoms with Crippen molar-refractivity contribution in [2.24, 2.45) is 0 Å². The first kappa shape index (κ1) is 21.5. The number of fused-ring (bicyclic) bond motifs is 1. The summed E-state index contributed by atoms with van der Waals surface area (Å²) in [6, 6.07) is 9.21. The van der Waals surface area contributed by atoms with E-state index in [9.17, 15) is 14.0 Å². The zero-order valence-electron chi connectivity index (χ0n) is 17.5. The highest BCUT2D eigenvalue weighted by Crippen LogP contribution is 2.33. The third-order valence-electron chi connectivity index (χ3n) is 5.10. The Morgan fingerprint density at radius 2 is 1.91 bits per heavy atom. The molecule has 0 aliphatic rings. The SMILES string of the molecule is CCn1c(C)nc2cc(C(=O)NNC(=O)c3c(-c4c(F)cccc4Cl)noc3C)ccc21. The van der Waals surface area contributed by atoms with Crippen molar-refractivity contribution in [3.8, 4) is 11.3 Å². The topological polar surface area (TPSA) is 102 Å². The van der Waals surface area contributed by atoms with Gasteiger partial charge in [0.2, 0.25) is 0 Å². The molecule has 164 valence electrons. The summed E-state index contributed by atoms with van der Waals surface area (Å²) < 4.78 is 21.4. The van der Waals surface area contributed by atoms with Gasteiger partial charge in [-0.05, 0) is 51.1 Å². The van der Waals surface area contributed by atoms with Crippen LogP contribution in [-0.2, 0) is 6.54 Å². The molecular weight excluding hydrogens is 437 g/mol. The third kappa shape index (κ3) is 3.71. The van der Waals surface area contributed by atoms with Crippen LogP contribution in [0.25, 0.3) is 22.3 Å². The molecule has 0 radical (unpaired) electrons. The minimum absolute atomic E-state index is 0.0370. The number of hydrazine groups is 1. The first-order valence-electron chi connectivity index (χ1n) is 9.80. The number of hydrogen-bond acceptors (Lipinski definition) is 5. The van der Waals surface area contributed by atoms with Gasteiger partial charge in [0.15, 0.2) is 0 Å². The highest BCUT2D eigenvalue weighted by molar-refractivity contribution is 6.33. The van der Waals surface area contributed by atoms with Gasteiger partial charge in [-0.15, -0.1) is 0 Å². The predicted octanol–water partition coefficient (Wildman–Crippen LogP) is 4.20. The zero-order valence-corrected chi connectivity index (χ0v) is 18.2. The first-order chi connectivity index (χ1) is 15.3. The van der Waals surface area contributed by atoms with E-state index in [1.54, 1.807) is 18.2 Å². The number of nitrogens with zero attached hydrogens (tertiary/aromatic N) is 3. The van der Waals surface area contributed by atoms with Gasteiger partial charge in [-0.3, -0.25) is 20.4 Å². The van der Waals surface area contributed by atoms with E-state index in [-0.39, 0.29) is 27.6 Å². The average molecular weight is 456 g/mol. The third-order valence-corrected chi connectivity index (χ3v) is 5.41. The molecule has 2 N–H and O–H groups in total. The van der Waals surface area contributed by atoms with Crippen molar-refractivity contribution >= 4 is 34.4 Å². The summed E-state index contributed by atoms with van der Waals surface area (Å²) in [6.45, 7) is 6.17. The van der Waals surface area contributed by atoms with E-state index in [0.29, 0.717) is 11.1 Å². The van der Waals surface area contributed by atoms with E-state index in [0.717, 1.165) is 17.9 Å². The molecule has 0 unspecified atom stereocenters. The highest BCUT2D eigenvalue weighted by atomic mass is 35.5. The van der Waals surface area contributed by atoms with Gasteiger partial charge in [-0.1, -0.05) is 22.8 Å². The van der Waals surface area contributed by atoms with E-state index in [4.69, 9.17) is 16.1 Å². The van der Waals surface area contributed by atoms with Crippen molar-refractivity contribution in [2.75, 3.05) is 0 Å². The first-order valence-corrected chi connectivity index (χ1v) is 10.2. The van der Waals surface area contributed by atoms with Gasteiger partial charge in [0, 0.05) is 12.1 Å². The summed E-state index contributed by atoms with van der Waals surface area (Å²) in [5, 5.41) is 3.86. The van der Waals surface area contributed by atoms with E-state index in [1.165, 1.54) is 25.1 Å². The van der Waals surface area contributed by atoms with Crippen LogP contribution in [0.2, 0.25) is 5.02 Å². The molecule has 2 heterocycles. The van der Waals surface area contributed by atoms with Gasteiger partial charge < -0.3 is 9.09 Å². The fourth-order valence-corrected chi connectivity index (χ4v) is 3.83. The van der Waals surface area contributed by atoms with Crippen molar-refractivity contribution in [1.82, 2.24) is 25.6 Å². The van der Waals surface area contributed by atoms with Crippen LogP contribution in [-0.4, -0.2) is 26.5 Å². The number of nitrogens with one attached hydrogen (secondary N) is 2. The Bertz CT molecular complexity index is 1340. The van der Waals surface area contributed by atoms with Gasteiger partial charge in [0.25, 0.3) is 11.8 Å². The number of amides is 2. The lowest BCUT2D eigenvalue weighted by molar-refractivity contribution is 0.0846. The smallest absolute Gasteiger partial charge is 0.275 e. The summed E-state index contributed by atoms with van der Waals surface area (Å²) in [6.07, 6.45) is 0. The zero-order chi connectivity index (χ0) is 23.0. The molecule has 10 heteroatoms. The van der Waals surface area contributed by atoms with Crippen LogP contribution in [0, 0.1) is 19.7 Å². The number of imidazole rings is 1. The molecule has 0 aliphatic heterocycles. The summed E-state index contributed by atoms with van der Waals surface area (Å²) in [7, 11) is 0. The number of carbonyl (C=O) groups is 2. The largest absolute Gasteiger partial charge is 0.360 e. The Labute approximate surface area is 187 Å². The lowest BCUT2D eigenvalue weighted by atomic mass is 10.1. The number of aryl methyl sites for hydroxylation is 3. The molecule has 0 fully saturated rings. The van der Waals surface area contributed by atoms with Crippen LogP contribution in [0.1, 0.15) is 39.2 Å². The van der Waals surface area contributed by atoms with Crippen molar-refractivity contribution < 1.29 is 18.5 Å². The summed E-state index contributed by atoms with van der Waals surface area (Å²) in [5.74, 6) is -0.926. The molecule has 0 saturated carbocycles. The number of carbonyl (C=O) groups excluding carboxylic acids is 2. The van der Waals surface area contributed by atoms with Crippen LogP contribution in [0.5, 0.6) is 0 Å². The predicted molar refractivity (Wildman–Crippen MR) is 117 cm³/mol. The van der Waals surface area contributed by atoms with E-state index in [1.807, 2.05) is 18.4 Å². The Kier molecular flexibility index (Phi) is 5.67. The fourth-order valence-electron chi connectivity index (χ4n) is 3.57. The quantitative estimate of drug-likeness (QED) is 0.449. The fraction of sp³-hybridized carbons (Fsp3) is 0.182. The molecular formula is C22H19ClFN5O3. The average Bonchev–Trinajstić information content (AvgIpc) is 3.29. The molecule has 0 saturated heterocycles. The van der Waals surface area contributed by atoms with Gasteiger partial charge in [0.05, 0.1) is 21.6 Å². The number of hydrogen-bond donors (Lipinski definition) is 2.